The molecule has 1 aliphatic carbocycles. The van der Waals surface area contributed by atoms with Gasteiger partial charge in [-0.25, -0.2) is 13.8 Å². The maximum atomic E-state index is 13.3. The van der Waals surface area contributed by atoms with Crippen molar-refractivity contribution in [1.82, 2.24) is 9.97 Å². The van der Waals surface area contributed by atoms with Crippen LogP contribution in [-0.4, -0.2) is 29.1 Å². The summed E-state index contributed by atoms with van der Waals surface area (Å²) in [6.07, 6.45) is 4.94. The van der Waals surface area contributed by atoms with Crippen LogP contribution in [0, 0.1) is 17.0 Å². The minimum Gasteiger partial charge on any atom is -0.466 e. The standard InChI is InChI=1S/C17H19F2N3O2/c1-2-24-16(23)17(5-3-4-6-17)10-21-15-9-20-13-7-11(18)12(19)8-14(13)22-15/h7-9H,2-6,10H2,1H3,(H,21,22). The van der Waals surface area contributed by atoms with E-state index in [1.807, 2.05) is 0 Å². The van der Waals surface area contributed by atoms with Gasteiger partial charge in [-0.2, -0.15) is 0 Å². The Labute approximate surface area is 138 Å². The van der Waals surface area contributed by atoms with Crippen LogP contribution >= 0.6 is 0 Å². The smallest absolute Gasteiger partial charge is 0.313 e. The fourth-order valence-corrected chi connectivity index (χ4v) is 3.14. The molecule has 1 N–H and O–H groups in total. The molecule has 1 saturated carbocycles. The van der Waals surface area contributed by atoms with E-state index in [2.05, 4.69) is 15.3 Å². The summed E-state index contributed by atoms with van der Waals surface area (Å²) >= 11 is 0. The first-order chi connectivity index (χ1) is 11.5. The van der Waals surface area contributed by atoms with Crippen LogP contribution in [0.5, 0.6) is 0 Å². The Bertz CT molecular complexity index is 761. The van der Waals surface area contributed by atoms with Crippen LogP contribution in [0.3, 0.4) is 0 Å². The number of halogens is 2. The van der Waals surface area contributed by atoms with Crippen LogP contribution in [0.25, 0.3) is 11.0 Å². The summed E-state index contributed by atoms with van der Waals surface area (Å²) in [5.74, 6) is -1.70. The summed E-state index contributed by atoms with van der Waals surface area (Å²) in [6, 6.07) is 2.03. The van der Waals surface area contributed by atoms with Gasteiger partial charge in [-0.15, -0.1) is 0 Å². The van der Waals surface area contributed by atoms with Gasteiger partial charge >= 0.3 is 5.97 Å². The van der Waals surface area contributed by atoms with Crippen molar-refractivity contribution in [2.45, 2.75) is 32.6 Å². The van der Waals surface area contributed by atoms with Crippen LogP contribution in [-0.2, 0) is 9.53 Å². The topological polar surface area (TPSA) is 64.1 Å². The lowest BCUT2D eigenvalue weighted by Gasteiger charge is -2.26. The third-order valence-electron chi connectivity index (χ3n) is 4.46. The number of benzene rings is 1. The number of fused-ring (bicyclic) bond motifs is 1. The number of esters is 1. The zero-order valence-corrected chi connectivity index (χ0v) is 13.4. The van der Waals surface area contributed by atoms with E-state index in [1.54, 1.807) is 6.92 Å². The molecule has 0 atom stereocenters. The zero-order valence-electron chi connectivity index (χ0n) is 13.4. The van der Waals surface area contributed by atoms with E-state index >= 15 is 0 Å². The fraction of sp³-hybridized carbons (Fsp3) is 0.471. The molecule has 24 heavy (non-hydrogen) atoms. The Hall–Kier alpha value is -2.31. The highest BCUT2D eigenvalue weighted by Gasteiger charge is 2.42. The van der Waals surface area contributed by atoms with Gasteiger partial charge in [0.15, 0.2) is 11.6 Å². The van der Waals surface area contributed by atoms with Crippen LogP contribution in [0.4, 0.5) is 14.6 Å². The minimum absolute atomic E-state index is 0.197. The van der Waals surface area contributed by atoms with Crippen molar-refractivity contribution in [3.05, 3.63) is 30.0 Å². The second-order valence-electron chi connectivity index (χ2n) is 6.07. The second-order valence-corrected chi connectivity index (χ2v) is 6.07. The molecule has 1 aromatic heterocycles. The molecule has 1 aromatic carbocycles. The van der Waals surface area contributed by atoms with Crippen molar-refractivity contribution >= 4 is 22.8 Å². The molecule has 0 radical (unpaired) electrons. The number of aromatic nitrogens is 2. The number of anilines is 1. The highest BCUT2D eigenvalue weighted by molar-refractivity contribution is 5.78. The van der Waals surface area contributed by atoms with Crippen molar-refractivity contribution in [2.75, 3.05) is 18.5 Å². The summed E-state index contributed by atoms with van der Waals surface area (Å²) in [5, 5.41) is 3.10. The Balaban J connectivity index is 1.79. The number of nitrogens with zero attached hydrogens (tertiary/aromatic N) is 2. The Morgan fingerprint density at radius 2 is 1.92 bits per heavy atom. The first-order valence-corrected chi connectivity index (χ1v) is 8.07. The molecule has 0 unspecified atom stereocenters. The quantitative estimate of drug-likeness (QED) is 0.848. The SMILES string of the molecule is CCOC(=O)C1(CNc2cnc3cc(F)c(F)cc3n2)CCCC1. The Morgan fingerprint density at radius 3 is 2.58 bits per heavy atom. The maximum Gasteiger partial charge on any atom is 0.313 e. The first-order valence-electron chi connectivity index (χ1n) is 8.07. The molecule has 1 aliphatic rings. The lowest BCUT2D eigenvalue weighted by molar-refractivity contribution is -0.154. The van der Waals surface area contributed by atoms with Crippen molar-refractivity contribution in [2.24, 2.45) is 5.41 Å². The molecule has 0 spiro atoms. The van der Waals surface area contributed by atoms with Gasteiger partial charge < -0.3 is 10.1 Å². The molecule has 2 aromatic rings. The van der Waals surface area contributed by atoms with Crippen molar-refractivity contribution in [3.63, 3.8) is 0 Å². The van der Waals surface area contributed by atoms with E-state index in [0.717, 1.165) is 37.8 Å². The van der Waals surface area contributed by atoms with E-state index in [4.69, 9.17) is 4.74 Å². The average Bonchev–Trinajstić information content (AvgIpc) is 3.04. The normalized spacial score (nSPS) is 16.3. The summed E-state index contributed by atoms with van der Waals surface area (Å²) in [7, 11) is 0. The van der Waals surface area contributed by atoms with E-state index in [1.165, 1.54) is 6.20 Å². The highest BCUT2D eigenvalue weighted by atomic mass is 19.2. The molecule has 7 heteroatoms. The molecule has 0 amide bonds. The van der Waals surface area contributed by atoms with Crippen LogP contribution in [0.1, 0.15) is 32.6 Å². The predicted octanol–water partition coefficient (Wildman–Crippen LogP) is 3.44. The number of hydrogen-bond acceptors (Lipinski definition) is 5. The lowest BCUT2D eigenvalue weighted by Crippen LogP contribution is -2.37. The number of nitrogens with one attached hydrogen (secondary N) is 1. The van der Waals surface area contributed by atoms with Gasteiger partial charge in [0.05, 0.1) is 29.3 Å². The third kappa shape index (κ3) is 3.16. The molecular formula is C17H19F2N3O2. The molecular weight excluding hydrogens is 316 g/mol. The number of hydrogen-bond donors (Lipinski definition) is 1. The summed E-state index contributed by atoms with van der Waals surface area (Å²) in [6.45, 7) is 2.52. The Kier molecular flexibility index (Phi) is 4.59. The van der Waals surface area contributed by atoms with E-state index < -0.39 is 17.0 Å². The number of ether oxygens (including phenoxy) is 1. The lowest BCUT2D eigenvalue weighted by atomic mass is 9.86. The van der Waals surface area contributed by atoms with E-state index in [0.29, 0.717) is 19.0 Å². The predicted molar refractivity (Wildman–Crippen MR) is 85.5 cm³/mol. The highest BCUT2D eigenvalue weighted by Crippen LogP contribution is 2.39. The summed E-state index contributed by atoms with van der Waals surface area (Å²) in [5.41, 5.74) is -0.0170. The van der Waals surface area contributed by atoms with Crippen molar-refractivity contribution in [1.29, 1.82) is 0 Å². The van der Waals surface area contributed by atoms with Crippen molar-refractivity contribution in [3.8, 4) is 0 Å². The largest absolute Gasteiger partial charge is 0.466 e. The minimum atomic E-state index is -0.965. The van der Waals surface area contributed by atoms with Gasteiger partial charge in [-0.05, 0) is 19.8 Å². The zero-order chi connectivity index (χ0) is 17.2. The van der Waals surface area contributed by atoms with Gasteiger partial charge in [0.2, 0.25) is 0 Å². The molecule has 0 bridgehead atoms. The third-order valence-corrected chi connectivity index (χ3v) is 4.46. The van der Waals surface area contributed by atoms with Crippen molar-refractivity contribution < 1.29 is 18.3 Å². The number of carbonyl (C=O) groups is 1. The monoisotopic (exact) mass is 335 g/mol. The molecule has 1 heterocycles. The number of rotatable bonds is 5. The van der Waals surface area contributed by atoms with Crippen LogP contribution < -0.4 is 5.32 Å². The van der Waals surface area contributed by atoms with Gasteiger partial charge in [0, 0.05) is 18.7 Å². The van der Waals surface area contributed by atoms with Gasteiger partial charge in [0.1, 0.15) is 5.82 Å². The first kappa shape index (κ1) is 16.5. The van der Waals surface area contributed by atoms with Gasteiger partial charge in [-0.3, -0.25) is 9.78 Å². The second kappa shape index (κ2) is 6.67. The van der Waals surface area contributed by atoms with E-state index in [-0.39, 0.29) is 17.0 Å². The summed E-state index contributed by atoms with van der Waals surface area (Å²) < 4.78 is 31.8. The van der Waals surface area contributed by atoms with Gasteiger partial charge in [0.25, 0.3) is 0 Å². The molecule has 0 saturated heterocycles. The fourth-order valence-electron chi connectivity index (χ4n) is 3.14. The van der Waals surface area contributed by atoms with Crippen LogP contribution in [0.2, 0.25) is 0 Å². The van der Waals surface area contributed by atoms with E-state index in [9.17, 15) is 13.6 Å². The van der Waals surface area contributed by atoms with Crippen LogP contribution in [0.15, 0.2) is 18.3 Å². The molecule has 128 valence electrons. The average molecular weight is 335 g/mol. The van der Waals surface area contributed by atoms with Gasteiger partial charge in [-0.1, -0.05) is 12.8 Å². The summed E-state index contributed by atoms with van der Waals surface area (Å²) in [4.78, 5) is 20.6. The molecule has 3 rings (SSSR count). The molecule has 1 fully saturated rings. The molecule has 5 nitrogen and oxygen atoms in total. The Morgan fingerprint density at radius 1 is 1.25 bits per heavy atom. The maximum absolute atomic E-state index is 13.3. The number of carbonyl (C=O) groups excluding carboxylic acids is 1. The molecule has 0 aliphatic heterocycles.